The molecule has 1 heterocycles. The van der Waals surface area contributed by atoms with E-state index in [1.165, 1.54) is 0 Å². The van der Waals surface area contributed by atoms with Gasteiger partial charge in [0.05, 0.1) is 13.2 Å². The highest BCUT2D eigenvalue weighted by Gasteiger charge is 2.15. The van der Waals surface area contributed by atoms with Crippen molar-refractivity contribution in [1.82, 2.24) is 0 Å². The van der Waals surface area contributed by atoms with Crippen molar-refractivity contribution in [3.63, 3.8) is 0 Å². The van der Waals surface area contributed by atoms with Crippen LogP contribution in [0.5, 0.6) is 0 Å². The van der Waals surface area contributed by atoms with Crippen LogP contribution in [0.25, 0.3) is 5.57 Å². The first kappa shape index (κ1) is 12.6. The molecule has 0 spiro atoms. The van der Waals surface area contributed by atoms with Gasteiger partial charge in [0.1, 0.15) is 0 Å². The third kappa shape index (κ3) is 2.68. The highest BCUT2D eigenvalue weighted by molar-refractivity contribution is 6.09. The van der Waals surface area contributed by atoms with Gasteiger partial charge >= 0.3 is 0 Å². The molecule has 0 N–H and O–H groups in total. The van der Waals surface area contributed by atoms with E-state index in [2.05, 4.69) is 11.5 Å². The maximum atomic E-state index is 11.2. The number of allylic oxidation sites excluding steroid dienone is 3. The molecule has 94 valence electrons. The molecule has 1 aliphatic rings. The Bertz CT molecular complexity index is 459. The number of morpholine rings is 1. The van der Waals surface area contributed by atoms with Crippen molar-refractivity contribution in [1.29, 1.82) is 0 Å². The summed E-state index contributed by atoms with van der Waals surface area (Å²) in [4.78, 5) is 13.4. The van der Waals surface area contributed by atoms with Gasteiger partial charge in [-0.2, -0.15) is 0 Å². The van der Waals surface area contributed by atoms with Gasteiger partial charge in [0, 0.05) is 29.9 Å². The monoisotopic (exact) mass is 243 g/mol. The number of benzene rings is 1. The fourth-order valence-electron chi connectivity index (χ4n) is 2.12. The number of aldehydes is 1. The van der Waals surface area contributed by atoms with E-state index in [1.807, 2.05) is 24.3 Å². The largest absolute Gasteiger partial charge is 0.378 e. The summed E-state index contributed by atoms with van der Waals surface area (Å²) in [6, 6.07) is 7.94. The van der Waals surface area contributed by atoms with Crippen LogP contribution in [-0.4, -0.2) is 32.6 Å². The minimum absolute atomic E-state index is 0.659. The first-order valence-electron chi connectivity index (χ1n) is 6.07. The molecular weight excluding hydrogens is 226 g/mol. The molecule has 2 rings (SSSR count). The van der Waals surface area contributed by atoms with Crippen LogP contribution in [0.2, 0.25) is 0 Å². The lowest BCUT2D eigenvalue weighted by Crippen LogP contribution is -2.36. The van der Waals surface area contributed by atoms with Gasteiger partial charge in [-0.25, -0.2) is 0 Å². The van der Waals surface area contributed by atoms with E-state index in [9.17, 15) is 4.79 Å². The molecule has 1 aliphatic heterocycles. The summed E-state index contributed by atoms with van der Waals surface area (Å²) in [7, 11) is 0. The van der Waals surface area contributed by atoms with Gasteiger partial charge in [0.2, 0.25) is 0 Å². The summed E-state index contributed by atoms with van der Waals surface area (Å²) >= 11 is 0. The molecule has 18 heavy (non-hydrogen) atoms. The second kappa shape index (κ2) is 6.17. The minimum Gasteiger partial charge on any atom is -0.378 e. The molecule has 0 unspecified atom stereocenters. The molecule has 0 saturated carbocycles. The average molecular weight is 243 g/mol. The summed E-state index contributed by atoms with van der Waals surface area (Å²) in [5.41, 5.74) is 2.70. The average Bonchev–Trinajstić information content (AvgIpc) is 2.46. The van der Waals surface area contributed by atoms with Crippen LogP contribution in [0.3, 0.4) is 0 Å². The number of ether oxygens (including phenoxy) is 1. The third-order valence-electron chi connectivity index (χ3n) is 2.99. The maximum Gasteiger partial charge on any atom is 0.150 e. The van der Waals surface area contributed by atoms with Crippen LogP contribution in [0.15, 0.2) is 43.0 Å². The number of para-hydroxylation sites is 1. The van der Waals surface area contributed by atoms with E-state index in [1.54, 1.807) is 12.2 Å². The second-order valence-corrected chi connectivity index (χ2v) is 4.09. The molecular formula is C15H17NO2. The minimum atomic E-state index is 0.659. The van der Waals surface area contributed by atoms with E-state index in [-0.39, 0.29) is 0 Å². The third-order valence-corrected chi connectivity index (χ3v) is 2.99. The van der Waals surface area contributed by atoms with Crippen molar-refractivity contribution in [3.05, 3.63) is 48.6 Å². The van der Waals surface area contributed by atoms with Crippen molar-refractivity contribution in [2.75, 3.05) is 31.2 Å². The summed E-state index contributed by atoms with van der Waals surface area (Å²) < 4.78 is 5.35. The van der Waals surface area contributed by atoms with Crippen LogP contribution in [-0.2, 0) is 9.53 Å². The number of nitrogens with zero attached hydrogens (tertiary/aromatic N) is 1. The molecule has 1 saturated heterocycles. The van der Waals surface area contributed by atoms with Gasteiger partial charge in [-0.05, 0) is 6.07 Å². The fourth-order valence-corrected chi connectivity index (χ4v) is 2.12. The second-order valence-electron chi connectivity index (χ2n) is 4.09. The Balaban J connectivity index is 2.38. The van der Waals surface area contributed by atoms with Crippen molar-refractivity contribution in [3.8, 4) is 0 Å². The van der Waals surface area contributed by atoms with Crippen LogP contribution < -0.4 is 4.90 Å². The van der Waals surface area contributed by atoms with Gasteiger partial charge in [-0.1, -0.05) is 36.9 Å². The number of carbonyl (C=O) groups is 1. The Morgan fingerprint density at radius 3 is 2.67 bits per heavy atom. The Labute approximate surface area is 107 Å². The standard InChI is InChI=1S/C15H17NO2/c1-2-5-13(12-17)14-6-3-4-7-15(14)16-8-10-18-11-9-16/h2-7,12H,1,8-11H2. The quantitative estimate of drug-likeness (QED) is 0.461. The lowest BCUT2D eigenvalue weighted by atomic mass is 10.0. The zero-order valence-corrected chi connectivity index (χ0v) is 10.3. The number of rotatable bonds is 4. The van der Waals surface area contributed by atoms with Crippen LogP contribution in [0.1, 0.15) is 5.56 Å². The summed E-state index contributed by atoms with van der Waals surface area (Å²) in [5, 5.41) is 0. The molecule has 3 nitrogen and oxygen atoms in total. The van der Waals surface area contributed by atoms with E-state index in [0.717, 1.165) is 43.8 Å². The molecule has 3 heteroatoms. The van der Waals surface area contributed by atoms with E-state index in [0.29, 0.717) is 5.57 Å². The maximum absolute atomic E-state index is 11.2. The van der Waals surface area contributed by atoms with Gasteiger partial charge < -0.3 is 9.64 Å². The van der Waals surface area contributed by atoms with Crippen molar-refractivity contribution >= 4 is 17.5 Å². The molecule has 0 atom stereocenters. The predicted octanol–water partition coefficient (Wildman–Crippen LogP) is 2.29. The fraction of sp³-hybridized carbons (Fsp3) is 0.267. The van der Waals surface area contributed by atoms with Crippen molar-refractivity contribution in [2.24, 2.45) is 0 Å². The van der Waals surface area contributed by atoms with Crippen LogP contribution in [0, 0.1) is 0 Å². The Kier molecular flexibility index (Phi) is 4.31. The summed E-state index contributed by atoms with van der Waals surface area (Å²) in [5.74, 6) is 0. The van der Waals surface area contributed by atoms with Gasteiger partial charge in [-0.3, -0.25) is 4.79 Å². The molecule has 0 aliphatic carbocycles. The van der Waals surface area contributed by atoms with Gasteiger partial charge in [0.25, 0.3) is 0 Å². The van der Waals surface area contributed by atoms with Crippen LogP contribution in [0.4, 0.5) is 5.69 Å². The van der Waals surface area contributed by atoms with Crippen molar-refractivity contribution < 1.29 is 9.53 Å². The van der Waals surface area contributed by atoms with Gasteiger partial charge in [0.15, 0.2) is 6.29 Å². The van der Waals surface area contributed by atoms with Crippen molar-refractivity contribution in [2.45, 2.75) is 0 Å². The molecule has 0 bridgehead atoms. The molecule has 1 aromatic carbocycles. The molecule has 0 aromatic heterocycles. The normalized spacial score (nSPS) is 16.4. The van der Waals surface area contributed by atoms with E-state index < -0.39 is 0 Å². The first-order chi connectivity index (χ1) is 8.86. The highest BCUT2D eigenvalue weighted by Crippen LogP contribution is 2.26. The molecule has 0 radical (unpaired) electrons. The van der Waals surface area contributed by atoms with E-state index >= 15 is 0 Å². The lowest BCUT2D eigenvalue weighted by molar-refractivity contribution is -0.103. The SMILES string of the molecule is C=CC=C(C=O)c1ccccc1N1CCOCC1. The zero-order valence-electron chi connectivity index (χ0n) is 10.3. The number of hydrogen-bond donors (Lipinski definition) is 0. The van der Waals surface area contributed by atoms with E-state index in [4.69, 9.17) is 4.74 Å². The Morgan fingerprint density at radius 2 is 2.00 bits per heavy atom. The topological polar surface area (TPSA) is 29.5 Å². The predicted molar refractivity (Wildman–Crippen MR) is 73.7 cm³/mol. The Hall–Kier alpha value is -1.87. The summed E-state index contributed by atoms with van der Waals surface area (Å²) in [6.07, 6.45) is 4.26. The van der Waals surface area contributed by atoms with Crippen LogP contribution >= 0.6 is 0 Å². The first-order valence-corrected chi connectivity index (χ1v) is 6.07. The number of anilines is 1. The molecule has 0 amide bonds. The number of carbonyl (C=O) groups excluding carboxylic acids is 1. The van der Waals surface area contributed by atoms with Gasteiger partial charge in [-0.15, -0.1) is 0 Å². The lowest BCUT2D eigenvalue weighted by Gasteiger charge is -2.30. The number of hydrogen-bond acceptors (Lipinski definition) is 3. The zero-order chi connectivity index (χ0) is 12.8. The Morgan fingerprint density at radius 1 is 1.28 bits per heavy atom. The molecule has 1 fully saturated rings. The molecule has 1 aromatic rings. The highest BCUT2D eigenvalue weighted by atomic mass is 16.5. The summed E-state index contributed by atoms with van der Waals surface area (Å²) in [6.45, 7) is 6.83. The smallest absolute Gasteiger partial charge is 0.150 e.